The number of benzene rings is 2. The van der Waals surface area contributed by atoms with Crippen molar-refractivity contribution in [2.45, 2.75) is 13.1 Å². The molecule has 0 radical (unpaired) electrons. The predicted octanol–water partition coefficient (Wildman–Crippen LogP) is 5.32. The van der Waals surface area contributed by atoms with Gasteiger partial charge in [-0.15, -0.1) is 32.9 Å². The van der Waals surface area contributed by atoms with E-state index in [4.69, 9.17) is 10.2 Å². The number of thiophene rings is 1. The Balaban J connectivity index is 1.20. The van der Waals surface area contributed by atoms with Crippen LogP contribution in [0.25, 0.3) is 32.5 Å². The van der Waals surface area contributed by atoms with Crippen LogP contribution in [0.15, 0.2) is 71.4 Å². The Morgan fingerprint density at radius 3 is 2.66 bits per heavy atom. The molecule has 0 saturated carbocycles. The van der Waals surface area contributed by atoms with Gasteiger partial charge in [0.2, 0.25) is 0 Å². The number of nitriles is 1. The monoisotopic (exact) mass is 494 g/mol. The highest BCUT2D eigenvalue weighted by atomic mass is 32.1. The zero-order valence-corrected chi connectivity index (χ0v) is 20.1. The molecule has 0 bridgehead atoms. The first-order valence-electron chi connectivity index (χ1n) is 11.0. The number of fused-ring (bicyclic) bond motifs is 1. The normalized spacial score (nSPS) is 12.8. The molecule has 9 heteroatoms. The van der Waals surface area contributed by atoms with Gasteiger partial charge in [0.1, 0.15) is 10.7 Å². The first-order chi connectivity index (χ1) is 17.2. The lowest BCUT2D eigenvalue weighted by atomic mass is 10.1. The maximum atomic E-state index is 13.1. The van der Waals surface area contributed by atoms with Crippen molar-refractivity contribution in [3.63, 3.8) is 0 Å². The third-order valence-corrected chi connectivity index (χ3v) is 7.76. The number of nitrogens with zero attached hydrogens (tertiary/aromatic N) is 6. The first kappa shape index (κ1) is 21.4. The van der Waals surface area contributed by atoms with E-state index in [1.807, 2.05) is 68.8 Å². The molecule has 6 rings (SSSR count). The van der Waals surface area contributed by atoms with Gasteiger partial charge in [0, 0.05) is 34.5 Å². The topological polar surface area (TPSA) is 87.7 Å². The van der Waals surface area contributed by atoms with Crippen LogP contribution >= 0.6 is 22.7 Å². The van der Waals surface area contributed by atoms with E-state index in [2.05, 4.69) is 22.3 Å². The number of rotatable bonds is 4. The Bertz CT molecular complexity index is 1560. The number of hydrogen-bond acceptors (Lipinski definition) is 7. The van der Waals surface area contributed by atoms with Crippen molar-refractivity contribution >= 4 is 28.6 Å². The minimum absolute atomic E-state index is 0.00755. The zero-order chi connectivity index (χ0) is 23.8. The number of carbonyl (C=O) groups is 1. The Morgan fingerprint density at radius 1 is 0.971 bits per heavy atom. The number of aromatic nitrogens is 4. The summed E-state index contributed by atoms with van der Waals surface area (Å²) in [6, 6.07) is 21.4. The molecule has 4 heterocycles. The van der Waals surface area contributed by atoms with E-state index in [0.29, 0.717) is 36.6 Å². The Morgan fingerprint density at radius 2 is 1.86 bits per heavy atom. The van der Waals surface area contributed by atoms with Gasteiger partial charge >= 0.3 is 0 Å². The van der Waals surface area contributed by atoms with Gasteiger partial charge < -0.3 is 9.47 Å². The minimum atomic E-state index is -0.00755. The number of amides is 1. The SMILES string of the molecule is N#Cc1cccc(-c2nc(-c3nnc4n3CCN(C(=O)c3ccc(-c5cccs5)cc3)C4)cs2)c1. The maximum absolute atomic E-state index is 13.1. The van der Waals surface area contributed by atoms with Gasteiger partial charge in [0.05, 0.1) is 18.2 Å². The Kier molecular flexibility index (Phi) is 5.45. The zero-order valence-electron chi connectivity index (χ0n) is 18.5. The fourth-order valence-corrected chi connectivity index (χ4v) is 5.68. The van der Waals surface area contributed by atoms with Crippen molar-refractivity contribution in [1.82, 2.24) is 24.6 Å². The Labute approximate surface area is 209 Å². The van der Waals surface area contributed by atoms with Gasteiger partial charge in [-0.05, 0) is 41.3 Å². The molecule has 35 heavy (non-hydrogen) atoms. The highest BCUT2D eigenvalue weighted by Crippen LogP contribution is 2.30. The second-order valence-corrected chi connectivity index (χ2v) is 9.91. The molecule has 5 aromatic rings. The quantitative estimate of drug-likeness (QED) is 0.337. The molecule has 1 aliphatic heterocycles. The minimum Gasteiger partial charge on any atom is -0.329 e. The van der Waals surface area contributed by atoms with Crippen molar-refractivity contribution in [1.29, 1.82) is 5.26 Å². The summed E-state index contributed by atoms with van der Waals surface area (Å²) in [4.78, 5) is 20.9. The lowest BCUT2D eigenvalue weighted by Gasteiger charge is -2.27. The van der Waals surface area contributed by atoms with Crippen LogP contribution in [0.5, 0.6) is 0 Å². The van der Waals surface area contributed by atoms with Crippen LogP contribution in [0.1, 0.15) is 21.7 Å². The summed E-state index contributed by atoms with van der Waals surface area (Å²) in [5, 5.41) is 22.7. The number of carbonyl (C=O) groups excluding carboxylic acids is 1. The number of thiazole rings is 1. The van der Waals surface area contributed by atoms with Crippen LogP contribution in [-0.4, -0.2) is 37.1 Å². The van der Waals surface area contributed by atoms with E-state index in [-0.39, 0.29) is 5.91 Å². The maximum Gasteiger partial charge on any atom is 0.254 e. The fourth-order valence-electron chi connectivity index (χ4n) is 4.15. The van der Waals surface area contributed by atoms with Crippen LogP contribution in [0.4, 0.5) is 0 Å². The smallest absolute Gasteiger partial charge is 0.254 e. The standard InChI is InChI=1S/C26H18N6OS2/c27-14-17-3-1-4-20(13-17)25-28-21(16-35-25)24-30-29-23-15-31(10-11-32(23)24)26(33)19-8-6-18(7-9-19)22-5-2-12-34-22/h1-9,12-13,16H,10-11,15H2. The summed E-state index contributed by atoms with van der Waals surface area (Å²) >= 11 is 3.19. The van der Waals surface area contributed by atoms with Gasteiger partial charge in [-0.3, -0.25) is 4.79 Å². The average Bonchev–Trinajstić information content (AvgIpc) is 3.69. The molecule has 0 aliphatic carbocycles. The van der Waals surface area contributed by atoms with Gasteiger partial charge in [-0.2, -0.15) is 5.26 Å². The molecule has 2 aromatic carbocycles. The molecule has 170 valence electrons. The molecule has 1 amide bonds. The Hall–Kier alpha value is -4.13. The van der Waals surface area contributed by atoms with Crippen molar-refractivity contribution in [2.75, 3.05) is 6.54 Å². The molecule has 0 unspecified atom stereocenters. The van der Waals surface area contributed by atoms with E-state index in [1.54, 1.807) is 17.4 Å². The third-order valence-electron chi connectivity index (χ3n) is 5.95. The average molecular weight is 495 g/mol. The molecular weight excluding hydrogens is 476 g/mol. The second-order valence-electron chi connectivity index (χ2n) is 8.10. The van der Waals surface area contributed by atoms with Crippen LogP contribution in [0.2, 0.25) is 0 Å². The van der Waals surface area contributed by atoms with Gasteiger partial charge in [0.25, 0.3) is 5.91 Å². The van der Waals surface area contributed by atoms with E-state index in [1.165, 1.54) is 16.2 Å². The van der Waals surface area contributed by atoms with Crippen LogP contribution in [-0.2, 0) is 13.1 Å². The second kappa shape index (κ2) is 8.91. The molecule has 0 fully saturated rings. The number of hydrogen-bond donors (Lipinski definition) is 0. The highest BCUT2D eigenvalue weighted by molar-refractivity contribution is 7.13. The molecule has 3 aromatic heterocycles. The third kappa shape index (κ3) is 4.03. The van der Waals surface area contributed by atoms with Crippen LogP contribution in [0.3, 0.4) is 0 Å². The summed E-state index contributed by atoms with van der Waals surface area (Å²) in [5.74, 6) is 1.44. The lowest BCUT2D eigenvalue weighted by molar-refractivity contribution is 0.0708. The molecule has 0 spiro atoms. The van der Waals surface area contributed by atoms with E-state index in [0.717, 1.165) is 27.7 Å². The summed E-state index contributed by atoms with van der Waals surface area (Å²) in [6.07, 6.45) is 0. The van der Waals surface area contributed by atoms with Crippen molar-refractivity contribution in [3.8, 4) is 38.6 Å². The molecule has 7 nitrogen and oxygen atoms in total. The molecular formula is C26H18N6OS2. The first-order valence-corrected chi connectivity index (χ1v) is 12.8. The summed E-state index contributed by atoms with van der Waals surface area (Å²) in [7, 11) is 0. The van der Waals surface area contributed by atoms with Crippen LogP contribution < -0.4 is 0 Å². The largest absolute Gasteiger partial charge is 0.329 e. The van der Waals surface area contributed by atoms with E-state index < -0.39 is 0 Å². The summed E-state index contributed by atoms with van der Waals surface area (Å²) in [5.41, 5.74) is 4.03. The molecule has 0 N–H and O–H groups in total. The fraction of sp³-hybridized carbons (Fsp3) is 0.115. The van der Waals surface area contributed by atoms with Gasteiger partial charge in [-0.1, -0.05) is 30.3 Å². The van der Waals surface area contributed by atoms with E-state index in [9.17, 15) is 4.79 Å². The lowest BCUT2D eigenvalue weighted by Crippen LogP contribution is -2.38. The van der Waals surface area contributed by atoms with E-state index >= 15 is 0 Å². The highest BCUT2D eigenvalue weighted by Gasteiger charge is 2.26. The molecule has 1 aliphatic rings. The van der Waals surface area contributed by atoms with Crippen molar-refractivity contribution < 1.29 is 4.79 Å². The molecule has 0 saturated heterocycles. The molecule has 0 atom stereocenters. The summed E-state index contributed by atoms with van der Waals surface area (Å²) in [6.45, 7) is 1.58. The van der Waals surface area contributed by atoms with Crippen molar-refractivity contribution in [2.24, 2.45) is 0 Å². The van der Waals surface area contributed by atoms with Crippen LogP contribution in [0, 0.1) is 11.3 Å². The predicted molar refractivity (Wildman–Crippen MR) is 136 cm³/mol. The van der Waals surface area contributed by atoms with Gasteiger partial charge in [0.15, 0.2) is 11.6 Å². The summed E-state index contributed by atoms with van der Waals surface area (Å²) < 4.78 is 2.04. The van der Waals surface area contributed by atoms with Gasteiger partial charge in [-0.25, -0.2) is 4.98 Å². The van der Waals surface area contributed by atoms with Crippen molar-refractivity contribution in [3.05, 3.63) is 88.4 Å².